The van der Waals surface area contributed by atoms with Crippen molar-refractivity contribution >= 4 is 60.2 Å². The number of rotatable bonds is 5. The van der Waals surface area contributed by atoms with Crippen LogP contribution in [0.25, 0.3) is 111 Å². The van der Waals surface area contributed by atoms with Crippen LogP contribution >= 0.6 is 0 Å². The summed E-state index contributed by atoms with van der Waals surface area (Å²) in [6.07, 6.45) is 3.62. The lowest BCUT2D eigenvalue weighted by Gasteiger charge is -2.13. The molecule has 58 heavy (non-hydrogen) atoms. The van der Waals surface area contributed by atoms with E-state index in [1.54, 1.807) is 0 Å². The number of fused-ring (bicyclic) bond motifs is 12. The molecule has 0 bridgehead atoms. The number of imidazole rings is 1. The van der Waals surface area contributed by atoms with Crippen molar-refractivity contribution in [3.63, 3.8) is 0 Å². The van der Waals surface area contributed by atoms with E-state index in [9.17, 15) is 0 Å². The topological polar surface area (TPSA) is 86.7 Å². The van der Waals surface area contributed by atoms with E-state index >= 15 is 0 Å². The van der Waals surface area contributed by atoms with Crippen LogP contribution in [0.2, 0.25) is 0 Å². The van der Waals surface area contributed by atoms with E-state index < -0.39 is 0 Å². The number of hydrogen-bond donors (Lipinski definition) is 0. The normalized spacial score (nSPS) is 11.8. The van der Waals surface area contributed by atoms with Gasteiger partial charge in [-0.1, -0.05) is 103 Å². The second-order valence-corrected chi connectivity index (χ2v) is 14.4. The highest BCUT2D eigenvalue weighted by molar-refractivity contribution is 6.29. The van der Waals surface area contributed by atoms with E-state index in [-0.39, 0.29) is 0 Å². The second-order valence-electron chi connectivity index (χ2n) is 14.4. The van der Waals surface area contributed by atoms with E-state index in [4.69, 9.17) is 19.9 Å². The first-order chi connectivity index (χ1) is 28.8. The molecule has 6 heterocycles. The minimum atomic E-state index is 0.524. The molecule has 8 nitrogen and oxygen atoms in total. The molecule has 8 heteroatoms. The largest absolute Gasteiger partial charge is 0.292 e. The molecular formula is C50H30N8. The average molecular weight is 743 g/mol. The van der Waals surface area contributed by atoms with E-state index in [1.165, 1.54) is 0 Å². The van der Waals surface area contributed by atoms with Crippen LogP contribution < -0.4 is 0 Å². The molecule has 0 spiro atoms. The minimum Gasteiger partial charge on any atom is -0.292 e. The quantitative estimate of drug-likeness (QED) is 0.163. The number of para-hydroxylation sites is 3. The molecule has 0 saturated heterocycles. The highest BCUT2D eigenvalue weighted by Gasteiger charge is 2.22. The molecule has 0 aliphatic rings. The molecule has 0 saturated carbocycles. The van der Waals surface area contributed by atoms with Crippen LogP contribution in [0.3, 0.4) is 0 Å². The monoisotopic (exact) mass is 742 g/mol. The lowest BCUT2D eigenvalue weighted by atomic mass is 10.0. The summed E-state index contributed by atoms with van der Waals surface area (Å²) >= 11 is 0. The van der Waals surface area contributed by atoms with Crippen LogP contribution in [0.5, 0.6) is 0 Å². The molecule has 0 amide bonds. The molecular weight excluding hydrogens is 713 g/mol. The van der Waals surface area contributed by atoms with E-state index in [2.05, 4.69) is 122 Å². The molecule has 12 rings (SSSR count). The van der Waals surface area contributed by atoms with Gasteiger partial charge >= 0.3 is 0 Å². The SMILES string of the molecule is c1ccc(-c2cccc(-c3nc(-c4cccc(-c5ccccn5)c4)nc(-n4c5ccccc5c5c6c7ccccc7c7nc8ccccc8n7c6ccc54)n3)c2)nc1. The van der Waals surface area contributed by atoms with Crippen LogP contribution in [-0.2, 0) is 0 Å². The average Bonchev–Trinajstić information content (AvgIpc) is 3.86. The van der Waals surface area contributed by atoms with E-state index in [1.807, 2.05) is 79.1 Å². The lowest BCUT2D eigenvalue weighted by molar-refractivity contribution is 0.953. The van der Waals surface area contributed by atoms with Gasteiger partial charge in [-0.15, -0.1) is 0 Å². The van der Waals surface area contributed by atoms with Crippen molar-refractivity contribution in [3.8, 4) is 51.2 Å². The molecule has 0 aliphatic heterocycles. The van der Waals surface area contributed by atoms with Gasteiger partial charge in [0.25, 0.3) is 0 Å². The zero-order chi connectivity index (χ0) is 38.2. The zero-order valence-electron chi connectivity index (χ0n) is 30.9. The Bertz CT molecular complexity index is 3470. The molecule has 0 aliphatic carbocycles. The Morgan fingerprint density at radius 3 is 1.59 bits per heavy atom. The van der Waals surface area contributed by atoms with Crippen LogP contribution in [0, 0.1) is 0 Å². The summed E-state index contributed by atoms with van der Waals surface area (Å²) in [5.41, 5.74) is 11.5. The smallest absolute Gasteiger partial charge is 0.238 e. The molecule has 12 aromatic rings. The van der Waals surface area contributed by atoms with Gasteiger partial charge in [0.2, 0.25) is 5.95 Å². The van der Waals surface area contributed by atoms with Gasteiger partial charge in [0.15, 0.2) is 11.6 Å². The minimum absolute atomic E-state index is 0.524. The van der Waals surface area contributed by atoms with Crippen molar-refractivity contribution in [1.82, 2.24) is 38.9 Å². The number of aromatic nitrogens is 8. The highest BCUT2D eigenvalue weighted by Crippen LogP contribution is 2.42. The highest BCUT2D eigenvalue weighted by atomic mass is 15.2. The maximum atomic E-state index is 5.31. The van der Waals surface area contributed by atoms with Crippen molar-refractivity contribution in [3.05, 3.63) is 182 Å². The fourth-order valence-electron chi connectivity index (χ4n) is 8.50. The summed E-state index contributed by atoms with van der Waals surface area (Å²) in [5.74, 6) is 1.64. The van der Waals surface area contributed by atoms with Crippen molar-refractivity contribution in [2.24, 2.45) is 0 Å². The molecule has 0 fully saturated rings. The summed E-state index contributed by atoms with van der Waals surface area (Å²) < 4.78 is 4.50. The molecule has 6 aromatic carbocycles. The summed E-state index contributed by atoms with van der Waals surface area (Å²) in [4.78, 5) is 30.2. The van der Waals surface area contributed by atoms with Gasteiger partial charge in [-0.25, -0.2) is 9.97 Å². The Labute approximate surface area is 331 Å². The number of pyridine rings is 3. The molecule has 0 atom stereocenters. The lowest BCUT2D eigenvalue weighted by Crippen LogP contribution is -2.06. The standard InChI is InChI=1S/C50H30N8/c1-2-18-36-35(17-1)45-43(57-42-24-6-4-22-40(42)53-49(36)57)25-26-44-46(45)37-19-3-5-23-41(37)58(44)50-55-47(33-15-11-13-31(29-33)38-20-7-9-27-51-38)54-48(56-50)34-16-12-14-32(30-34)39-21-8-10-28-52-39/h1-30H. The van der Waals surface area contributed by atoms with Crippen molar-refractivity contribution in [1.29, 1.82) is 0 Å². The first-order valence-electron chi connectivity index (χ1n) is 19.2. The van der Waals surface area contributed by atoms with Crippen molar-refractivity contribution in [2.45, 2.75) is 0 Å². The Balaban J connectivity index is 1.17. The van der Waals surface area contributed by atoms with Gasteiger partial charge in [0, 0.05) is 56.2 Å². The maximum absolute atomic E-state index is 5.31. The first-order valence-corrected chi connectivity index (χ1v) is 19.2. The third-order valence-corrected chi connectivity index (χ3v) is 11.0. The van der Waals surface area contributed by atoms with Gasteiger partial charge in [-0.3, -0.25) is 18.9 Å². The van der Waals surface area contributed by atoms with Gasteiger partial charge < -0.3 is 0 Å². The summed E-state index contributed by atoms with van der Waals surface area (Å²) in [7, 11) is 0. The molecule has 6 aromatic heterocycles. The summed E-state index contributed by atoms with van der Waals surface area (Å²) in [6, 6.07) is 58.3. The van der Waals surface area contributed by atoms with E-state index in [0.29, 0.717) is 17.6 Å². The Morgan fingerprint density at radius 2 is 0.914 bits per heavy atom. The van der Waals surface area contributed by atoms with Gasteiger partial charge in [0.05, 0.1) is 39.0 Å². The number of nitrogens with zero attached hydrogens (tertiary/aromatic N) is 8. The predicted octanol–water partition coefficient (Wildman–Crippen LogP) is 11.5. The molecule has 0 N–H and O–H groups in total. The number of benzene rings is 6. The van der Waals surface area contributed by atoms with Crippen LogP contribution in [0.4, 0.5) is 0 Å². The first kappa shape index (κ1) is 32.2. The third kappa shape index (κ3) is 4.95. The summed E-state index contributed by atoms with van der Waals surface area (Å²) in [6.45, 7) is 0. The van der Waals surface area contributed by atoms with Gasteiger partial charge in [-0.05, 0) is 72.1 Å². The van der Waals surface area contributed by atoms with Crippen molar-refractivity contribution in [2.75, 3.05) is 0 Å². The van der Waals surface area contributed by atoms with Gasteiger partial charge in [-0.2, -0.15) is 9.97 Å². The number of hydrogen-bond acceptors (Lipinski definition) is 6. The Morgan fingerprint density at radius 1 is 0.362 bits per heavy atom. The zero-order valence-corrected chi connectivity index (χ0v) is 30.9. The maximum Gasteiger partial charge on any atom is 0.238 e. The van der Waals surface area contributed by atoms with Crippen LogP contribution in [0.15, 0.2) is 182 Å². The van der Waals surface area contributed by atoms with Gasteiger partial charge in [0.1, 0.15) is 5.65 Å². The van der Waals surface area contributed by atoms with E-state index in [0.717, 1.165) is 93.8 Å². The third-order valence-electron chi connectivity index (χ3n) is 11.0. The molecule has 0 unspecified atom stereocenters. The van der Waals surface area contributed by atoms with Crippen molar-refractivity contribution < 1.29 is 0 Å². The second kappa shape index (κ2) is 12.7. The Hall–Kier alpha value is -8.10. The predicted molar refractivity (Wildman–Crippen MR) is 233 cm³/mol. The fraction of sp³-hybridized carbons (Fsp3) is 0. The fourth-order valence-corrected chi connectivity index (χ4v) is 8.50. The molecule has 0 radical (unpaired) electrons. The molecule has 270 valence electrons. The Kier molecular flexibility index (Phi) is 7.06. The van der Waals surface area contributed by atoms with Crippen LogP contribution in [0.1, 0.15) is 0 Å². The van der Waals surface area contributed by atoms with Crippen LogP contribution in [-0.4, -0.2) is 38.9 Å². The summed E-state index contributed by atoms with van der Waals surface area (Å²) in [5, 5.41) is 5.63.